The Bertz CT molecular complexity index is 700. The Morgan fingerprint density at radius 3 is 2.79 bits per heavy atom. The van der Waals surface area contributed by atoms with Gasteiger partial charge in [-0.2, -0.15) is 18.4 Å². The molecule has 24 heavy (non-hydrogen) atoms. The summed E-state index contributed by atoms with van der Waals surface area (Å²) in [5.74, 6) is -0.631. The van der Waals surface area contributed by atoms with E-state index in [1.807, 2.05) is 11.8 Å². The fraction of sp³-hybridized carbons (Fsp3) is 0.533. The van der Waals surface area contributed by atoms with Crippen LogP contribution in [0.5, 0.6) is 0 Å². The van der Waals surface area contributed by atoms with Crippen molar-refractivity contribution in [1.82, 2.24) is 25.5 Å². The van der Waals surface area contributed by atoms with Crippen molar-refractivity contribution in [3.05, 3.63) is 41.0 Å². The van der Waals surface area contributed by atoms with Crippen molar-refractivity contribution >= 4 is 0 Å². The molecule has 1 saturated heterocycles. The van der Waals surface area contributed by atoms with Gasteiger partial charge in [0.05, 0.1) is 5.56 Å². The first-order chi connectivity index (χ1) is 11.3. The van der Waals surface area contributed by atoms with Crippen LogP contribution in [0.3, 0.4) is 0 Å². The molecule has 9 heteroatoms. The maximum absolute atomic E-state index is 14.2. The lowest BCUT2D eigenvalue weighted by Gasteiger charge is -2.38. The zero-order valence-corrected chi connectivity index (χ0v) is 13.1. The lowest BCUT2D eigenvalue weighted by Crippen LogP contribution is -2.44. The van der Waals surface area contributed by atoms with E-state index >= 15 is 0 Å². The first kappa shape index (κ1) is 16.8. The van der Waals surface area contributed by atoms with Crippen molar-refractivity contribution in [3.63, 3.8) is 0 Å². The van der Waals surface area contributed by atoms with Gasteiger partial charge in [0, 0.05) is 24.1 Å². The van der Waals surface area contributed by atoms with Gasteiger partial charge in [0.1, 0.15) is 5.82 Å². The van der Waals surface area contributed by atoms with E-state index in [4.69, 9.17) is 0 Å². The maximum atomic E-state index is 14.2. The average molecular weight is 343 g/mol. The van der Waals surface area contributed by atoms with E-state index in [1.165, 1.54) is 12.1 Å². The third-order valence-electron chi connectivity index (χ3n) is 4.44. The number of hydrogen-bond acceptors (Lipinski definition) is 4. The normalized spacial score (nSPS) is 22.7. The van der Waals surface area contributed by atoms with Gasteiger partial charge in [0.15, 0.2) is 5.82 Å². The molecule has 3 rings (SSSR count). The third-order valence-corrected chi connectivity index (χ3v) is 4.44. The molecule has 1 aromatic carbocycles. The van der Waals surface area contributed by atoms with Crippen LogP contribution in [0, 0.1) is 5.82 Å². The number of nitrogens with one attached hydrogen (secondary N) is 1. The second-order valence-corrected chi connectivity index (χ2v) is 6.39. The number of aromatic amines is 1. The van der Waals surface area contributed by atoms with Crippen LogP contribution in [-0.2, 0) is 18.1 Å². The first-order valence-corrected chi connectivity index (χ1v) is 7.60. The quantitative estimate of drug-likeness (QED) is 0.871. The number of H-pyrrole nitrogens is 1. The molecule has 1 aliphatic heterocycles. The van der Waals surface area contributed by atoms with Crippen LogP contribution >= 0.6 is 0 Å². The number of hydrogen-bond donors (Lipinski definition) is 1. The Morgan fingerprint density at radius 2 is 2.12 bits per heavy atom. The van der Waals surface area contributed by atoms with E-state index in [1.54, 1.807) is 0 Å². The molecular formula is C15H17F4N5. The second-order valence-electron chi connectivity index (χ2n) is 6.39. The van der Waals surface area contributed by atoms with E-state index in [-0.39, 0.29) is 17.5 Å². The van der Waals surface area contributed by atoms with Crippen molar-refractivity contribution in [1.29, 1.82) is 0 Å². The van der Waals surface area contributed by atoms with Crippen LogP contribution in [0.25, 0.3) is 0 Å². The summed E-state index contributed by atoms with van der Waals surface area (Å²) in [6.45, 7) is 3.31. The Balaban J connectivity index is 1.79. The molecule has 2 aromatic rings. The minimum absolute atomic E-state index is 0.0437. The van der Waals surface area contributed by atoms with E-state index in [0.717, 1.165) is 18.9 Å². The van der Waals surface area contributed by atoms with Gasteiger partial charge < -0.3 is 0 Å². The van der Waals surface area contributed by atoms with Crippen molar-refractivity contribution in [2.45, 2.75) is 37.9 Å². The van der Waals surface area contributed by atoms with Gasteiger partial charge in [-0.3, -0.25) is 4.90 Å². The number of aromatic nitrogens is 4. The fourth-order valence-electron chi connectivity index (χ4n) is 3.24. The molecule has 1 aromatic heterocycles. The van der Waals surface area contributed by atoms with Gasteiger partial charge in [-0.05, 0) is 25.5 Å². The van der Waals surface area contributed by atoms with Crippen LogP contribution in [0.2, 0.25) is 0 Å². The van der Waals surface area contributed by atoms with E-state index in [0.29, 0.717) is 18.9 Å². The summed E-state index contributed by atoms with van der Waals surface area (Å²) in [7, 11) is 0. The van der Waals surface area contributed by atoms with Crippen molar-refractivity contribution < 1.29 is 17.6 Å². The molecule has 0 radical (unpaired) electrons. The Hall–Kier alpha value is -2.03. The number of tetrazole rings is 1. The van der Waals surface area contributed by atoms with Gasteiger partial charge in [0.2, 0.25) is 0 Å². The van der Waals surface area contributed by atoms with Gasteiger partial charge in [-0.15, -0.1) is 10.2 Å². The summed E-state index contributed by atoms with van der Waals surface area (Å²) in [4.78, 5) is 1.93. The number of alkyl halides is 3. The zero-order chi connectivity index (χ0) is 17.4. The Morgan fingerprint density at radius 1 is 1.33 bits per heavy atom. The predicted molar refractivity (Wildman–Crippen MR) is 77.4 cm³/mol. The van der Waals surface area contributed by atoms with E-state index in [2.05, 4.69) is 20.6 Å². The molecule has 1 fully saturated rings. The van der Waals surface area contributed by atoms with Gasteiger partial charge in [-0.1, -0.05) is 24.3 Å². The Kier molecular flexibility index (Phi) is 4.29. The minimum Gasteiger partial charge on any atom is -0.298 e. The monoisotopic (exact) mass is 343 g/mol. The van der Waals surface area contributed by atoms with Crippen LogP contribution in [-0.4, -0.2) is 38.6 Å². The number of nitrogens with zero attached hydrogens (tertiary/aromatic N) is 4. The van der Waals surface area contributed by atoms with E-state index in [9.17, 15) is 17.6 Å². The summed E-state index contributed by atoms with van der Waals surface area (Å²) in [6.07, 6.45) is -3.03. The highest BCUT2D eigenvalue weighted by atomic mass is 19.4. The van der Waals surface area contributed by atoms with Crippen LogP contribution in [0.15, 0.2) is 18.2 Å². The lowest BCUT2D eigenvalue weighted by molar-refractivity contribution is -0.140. The van der Waals surface area contributed by atoms with Crippen molar-refractivity contribution in [3.8, 4) is 0 Å². The van der Waals surface area contributed by atoms with Gasteiger partial charge >= 0.3 is 6.18 Å². The summed E-state index contributed by atoms with van der Waals surface area (Å²) >= 11 is 0. The molecule has 0 aliphatic carbocycles. The largest absolute Gasteiger partial charge is 0.419 e. The summed E-state index contributed by atoms with van der Waals surface area (Å²) in [6, 6.07) is 3.40. The predicted octanol–water partition coefficient (Wildman–Crippen LogP) is 2.91. The summed E-state index contributed by atoms with van der Waals surface area (Å²) < 4.78 is 52.7. The van der Waals surface area contributed by atoms with Crippen LogP contribution in [0.1, 0.15) is 36.7 Å². The third kappa shape index (κ3) is 3.26. The molecule has 1 unspecified atom stereocenters. The molecule has 1 N–H and O–H groups in total. The number of halogens is 4. The summed E-state index contributed by atoms with van der Waals surface area (Å²) in [5, 5.41) is 14.0. The molecule has 0 bridgehead atoms. The highest BCUT2D eigenvalue weighted by Crippen LogP contribution is 2.34. The molecule has 0 saturated carbocycles. The smallest absolute Gasteiger partial charge is 0.298 e. The zero-order valence-electron chi connectivity index (χ0n) is 13.1. The average Bonchev–Trinajstić information content (AvgIpc) is 3.03. The van der Waals surface area contributed by atoms with Crippen LogP contribution in [0.4, 0.5) is 17.6 Å². The maximum Gasteiger partial charge on any atom is 0.419 e. The molecule has 5 nitrogen and oxygen atoms in total. The number of likely N-dealkylation sites (tertiary alicyclic amines) is 1. The SMILES string of the molecule is CC1(c2nn[nH]n2)CCCN(Cc2cccc(C(F)(F)F)c2F)C1. The molecule has 0 spiro atoms. The molecule has 2 heterocycles. The first-order valence-electron chi connectivity index (χ1n) is 7.60. The fourth-order valence-corrected chi connectivity index (χ4v) is 3.24. The van der Waals surface area contributed by atoms with Crippen LogP contribution < -0.4 is 0 Å². The highest BCUT2D eigenvalue weighted by molar-refractivity contribution is 5.28. The number of benzene rings is 1. The van der Waals surface area contributed by atoms with Crippen molar-refractivity contribution in [2.24, 2.45) is 0 Å². The molecule has 0 amide bonds. The number of piperidine rings is 1. The lowest BCUT2D eigenvalue weighted by atomic mass is 9.81. The topological polar surface area (TPSA) is 57.7 Å². The summed E-state index contributed by atoms with van der Waals surface area (Å²) in [5.41, 5.74) is -1.54. The van der Waals surface area contributed by atoms with Gasteiger partial charge in [0.25, 0.3) is 0 Å². The van der Waals surface area contributed by atoms with Gasteiger partial charge in [-0.25, -0.2) is 4.39 Å². The molecule has 1 aliphatic rings. The second kappa shape index (κ2) is 6.12. The number of rotatable bonds is 3. The highest BCUT2D eigenvalue weighted by Gasteiger charge is 2.38. The van der Waals surface area contributed by atoms with Crippen molar-refractivity contribution in [2.75, 3.05) is 13.1 Å². The minimum atomic E-state index is -4.69. The van der Waals surface area contributed by atoms with E-state index < -0.39 is 17.6 Å². The molecule has 130 valence electrons. The Labute approximate surface area is 136 Å². The molecule has 1 atom stereocenters. The molecular weight excluding hydrogens is 326 g/mol. The standard InChI is InChI=1S/C15H17F4N5/c1-14(13-20-22-23-21-13)6-3-7-24(9-14)8-10-4-2-5-11(12(10)16)15(17,18)19/h2,4-5H,3,6-9H2,1H3,(H,20,21,22,23).